The molecule has 2 aromatic rings. The van der Waals surface area contributed by atoms with E-state index in [0.29, 0.717) is 31.4 Å². The fraction of sp³-hybridized carbons (Fsp3) is 0.389. The van der Waals surface area contributed by atoms with Crippen LogP contribution in [0.1, 0.15) is 35.7 Å². The molecule has 1 aromatic carbocycles. The third-order valence-electron chi connectivity index (χ3n) is 4.96. The van der Waals surface area contributed by atoms with Crippen molar-refractivity contribution < 1.29 is 13.6 Å². The minimum absolute atomic E-state index is 0.102. The summed E-state index contributed by atoms with van der Waals surface area (Å²) < 4.78 is 29.0. The van der Waals surface area contributed by atoms with E-state index in [1.54, 1.807) is 6.21 Å². The first-order chi connectivity index (χ1) is 12.0. The minimum Gasteiger partial charge on any atom is -0.273 e. The second kappa shape index (κ2) is 6.06. The molecule has 130 valence electrons. The number of rotatable bonds is 2. The Bertz CT molecular complexity index is 841. The van der Waals surface area contributed by atoms with E-state index in [4.69, 9.17) is 0 Å². The molecular formula is C18H18F2N4O. The molecule has 1 unspecified atom stereocenters. The molecule has 0 saturated heterocycles. The highest BCUT2D eigenvalue weighted by Gasteiger charge is 2.35. The lowest BCUT2D eigenvalue weighted by molar-refractivity contribution is -0.138. The van der Waals surface area contributed by atoms with E-state index >= 15 is 0 Å². The molecule has 0 N–H and O–H groups in total. The van der Waals surface area contributed by atoms with Crippen LogP contribution in [0, 0.1) is 24.5 Å². The van der Waals surface area contributed by atoms with Crippen molar-refractivity contribution in [2.45, 2.75) is 38.8 Å². The molecule has 0 spiro atoms. The second-order valence-corrected chi connectivity index (χ2v) is 6.62. The maximum Gasteiger partial charge on any atom is 0.246 e. The Hall–Kier alpha value is -2.57. The summed E-state index contributed by atoms with van der Waals surface area (Å²) in [5.74, 6) is -1.59. The van der Waals surface area contributed by atoms with E-state index in [0.717, 1.165) is 17.3 Å². The smallest absolute Gasteiger partial charge is 0.246 e. The summed E-state index contributed by atoms with van der Waals surface area (Å²) in [7, 11) is 0. The van der Waals surface area contributed by atoms with E-state index in [1.165, 1.54) is 17.1 Å². The van der Waals surface area contributed by atoms with E-state index in [2.05, 4.69) is 10.2 Å². The number of hydrogen-bond acceptors (Lipinski definition) is 3. The standard InChI is InChI=1S/C18H18F2N4O/c1-11-10-22-23-5-3-12(8-17(11)23)18(25)24-16(2-4-21-24)13-6-14(19)9-15(20)7-13/h4,6-7,9-10,12,16H,2-3,5,8H2,1H3/t12-,16?/m0/s1. The maximum atomic E-state index is 13.5. The zero-order chi connectivity index (χ0) is 17.6. The molecule has 1 amide bonds. The van der Waals surface area contributed by atoms with Crippen molar-refractivity contribution in [3.8, 4) is 0 Å². The van der Waals surface area contributed by atoms with E-state index in [-0.39, 0.29) is 11.8 Å². The van der Waals surface area contributed by atoms with Crippen molar-refractivity contribution in [2.75, 3.05) is 0 Å². The van der Waals surface area contributed by atoms with Crippen molar-refractivity contribution in [1.82, 2.24) is 14.8 Å². The van der Waals surface area contributed by atoms with Gasteiger partial charge in [0.1, 0.15) is 11.6 Å². The minimum atomic E-state index is -0.647. The van der Waals surface area contributed by atoms with Gasteiger partial charge in [0.25, 0.3) is 0 Å². The lowest BCUT2D eigenvalue weighted by Gasteiger charge is -2.29. The average molecular weight is 344 g/mol. The molecule has 5 nitrogen and oxygen atoms in total. The SMILES string of the molecule is Cc1cnn2c1C[C@@H](C(=O)N1N=CCC1c1cc(F)cc(F)c1)CC2. The number of halogens is 2. The zero-order valence-electron chi connectivity index (χ0n) is 13.8. The van der Waals surface area contributed by atoms with Gasteiger partial charge in [-0.25, -0.2) is 13.8 Å². The fourth-order valence-corrected chi connectivity index (χ4v) is 3.65. The number of aromatic nitrogens is 2. The molecule has 0 bridgehead atoms. The van der Waals surface area contributed by atoms with Crippen LogP contribution in [0.15, 0.2) is 29.5 Å². The van der Waals surface area contributed by atoms with Gasteiger partial charge in [0.15, 0.2) is 0 Å². The summed E-state index contributed by atoms with van der Waals surface area (Å²) in [4.78, 5) is 13.0. The predicted molar refractivity (Wildman–Crippen MR) is 87.8 cm³/mol. The molecule has 0 aliphatic carbocycles. The summed E-state index contributed by atoms with van der Waals surface area (Å²) in [6, 6.07) is 2.91. The Morgan fingerprint density at radius 1 is 1.24 bits per heavy atom. The Labute approximate surface area is 143 Å². The number of aryl methyl sites for hydroxylation is 2. The third-order valence-corrected chi connectivity index (χ3v) is 4.96. The third kappa shape index (κ3) is 2.83. The highest BCUT2D eigenvalue weighted by Crippen LogP contribution is 2.33. The summed E-state index contributed by atoms with van der Waals surface area (Å²) in [5.41, 5.74) is 2.58. The molecular weight excluding hydrogens is 326 g/mol. The van der Waals surface area contributed by atoms with Crippen molar-refractivity contribution in [3.05, 3.63) is 52.9 Å². The van der Waals surface area contributed by atoms with E-state index in [9.17, 15) is 13.6 Å². The van der Waals surface area contributed by atoms with Crippen LogP contribution >= 0.6 is 0 Å². The number of carbonyl (C=O) groups excluding carboxylic acids is 1. The molecule has 4 rings (SSSR count). The Morgan fingerprint density at radius 2 is 2.00 bits per heavy atom. The van der Waals surface area contributed by atoms with Crippen LogP contribution in [0.3, 0.4) is 0 Å². The first-order valence-corrected chi connectivity index (χ1v) is 8.35. The van der Waals surface area contributed by atoms with Gasteiger partial charge in [0, 0.05) is 43.3 Å². The Kier molecular flexibility index (Phi) is 3.86. The fourth-order valence-electron chi connectivity index (χ4n) is 3.65. The molecule has 0 radical (unpaired) electrons. The topological polar surface area (TPSA) is 50.5 Å². The highest BCUT2D eigenvalue weighted by atomic mass is 19.1. The van der Waals surface area contributed by atoms with E-state index in [1.807, 2.05) is 17.8 Å². The maximum absolute atomic E-state index is 13.5. The lowest BCUT2D eigenvalue weighted by atomic mass is 9.92. The average Bonchev–Trinajstić information content (AvgIpc) is 3.20. The van der Waals surface area contributed by atoms with Gasteiger partial charge in [-0.05, 0) is 36.6 Å². The van der Waals surface area contributed by atoms with Gasteiger partial charge in [-0.3, -0.25) is 9.48 Å². The van der Waals surface area contributed by atoms with Gasteiger partial charge >= 0.3 is 0 Å². The number of nitrogens with zero attached hydrogens (tertiary/aromatic N) is 4. The predicted octanol–water partition coefficient (Wildman–Crippen LogP) is 2.99. The Morgan fingerprint density at radius 3 is 2.76 bits per heavy atom. The molecule has 0 saturated carbocycles. The summed E-state index contributed by atoms with van der Waals surface area (Å²) >= 11 is 0. The summed E-state index contributed by atoms with van der Waals surface area (Å²) in [5, 5.41) is 9.88. The van der Waals surface area contributed by atoms with Gasteiger partial charge in [-0.1, -0.05) is 0 Å². The van der Waals surface area contributed by atoms with Crippen LogP contribution in [0.25, 0.3) is 0 Å². The number of carbonyl (C=O) groups is 1. The normalized spacial score (nSPS) is 22.3. The van der Waals surface area contributed by atoms with Gasteiger partial charge in [-0.2, -0.15) is 10.2 Å². The largest absolute Gasteiger partial charge is 0.273 e. The van der Waals surface area contributed by atoms with Gasteiger partial charge < -0.3 is 0 Å². The monoisotopic (exact) mass is 344 g/mol. The number of hydrazone groups is 1. The molecule has 0 fully saturated rings. The van der Waals surface area contributed by atoms with Crippen molar-refractivity contribution in [2.24, 2.45) is 11.0 Å². The number of hydrogen-bond donors (Lipinski definition) is 0. The first kappa shape index (κ1) is 15.9. The molecule has 7 heteroatoms. The molecule has 2 aliphatic rings. The molecule has 25 heavy (non-hydrogen) atoms. The summed E-state index contributed by atoms with van der Waals surface area (Å²) in [6.45, 7) is 2.68. The second-order valence-electron chi connectivity index (χ2n) is 6.62. The molecule has 2 aliphatic heterocycles. The van der Waals surface area contributed by atoms with Crippen molar-refractivity contribution in [3.63, 3.8) is 0 Å². The van der Waals surface area contributed by atoms with Gasteiger partial charge in [-0.15, -0.1) is 0 Å². The van der Waals surface area contributed by atoms with Gasteiger partial charge in [0.05, 0.1) is 12.2 Å². The van der Waals surface area contributed by atoms with Gasteiger partial charge in [0.2, 0.25) is 5.91 Å². The molecule has 3 heterocycles. The first-order valence-electron chi connectivity index (χ1n) is 8.35. The quantitative estimate of drug-likeness (QED) is 0.841. The van der Waals surface area contributed by atoms with Crippen molar-refractivity contribution in [1.29, 1.82) is 0 Å². The van der Waals surface area contributed by atoms with Crippen LogP contribution in [0.4, 0.5) is 8.78 Å². The zero-order valence-corrected chi connectivity index (χ0v) is 13.8. The van der Waals surface area contributed by atoms with Crippen LogP contribution in [-0.4, -0.2) is 26.9 Å². The molecule has 2 atom stereocenters. The number of benzene rings is 1. The molecule has 1 aromatic heterocycles. The highest BCUT2D eigenvalue weighted by molar-refractivity contribution is 5.82. The van der Waals surface area contributed by atoms with E-state index < -0.39 is 17.7 Å². The Balaban J connectivity index is 1.57. The van der Waals surface area contributed by atoms with Crippen molar-refractivity contribution >= 4 is 12.1 Å². The number of fused-ring (bicyclic) bond motifs is 1. The lowest BCUT2D eigenvalue weighted by Crippen LogP contribution is -2.37. The summed E-state index contributed by atoms with van der Waals surface area (Å²) in [6.07, 6.45) is 5.20. The van der Waals surface area contributed by atoms with Crippen LogP contribution in [0.5, 0.6) is 0 Å². The van der Waals surface area contributed by atoms with Crippen LogP contribution < -0.4 is 0 Å². The van der Waals surface area contributed by atoms with Crippen LogP contribution in [0.2, 0.25) is 0 Å². The number of amides is 1. The van der Waals surface area contributed by atoms with Crippen LogP contribution in [-0.2, 0) is 17.8 Å².